The van der Waals surface area contributed by atoms with E-state index in [0.29, 0.717) is 41.8 Å². The highest BCUT2D eigenvalue weighted by Gasteiger charge is 2.19. The lowest BCUT2D eigenvalue weighted by molar-refractivity contribution is -0.114. The second kappa shape index (κ2) is 11.7. The Morgan fingerprint density at radius 1 is 0.833 bits per heavy atom. The second-order valence-electron chi connectivity index (χ2n) is 9.88. The van der Waals surface area contributed by atoms with Crippen molar-refractivity contribution in [3.63, 3.8) is 0 Å². The number of hydrogen-bond acceptors (Lipinski definition) is 8. The van der Waals surface area contributed by atoms with E-state index in [2.05, 4.69) is 25.8 Å². The Balaban J connectivity index is 1.24. The molecular formula is C31H29N7O4. The molecule has 0 unspecified atom stereocenters. The zero-order valence-electron chi connectivity index (χ0n) is 23.2. The molecule has 0 atom stereocenters. The summed E-state index contributed by atoms with van der Waals surface area (Å²) in [6, 6.07) is 19.9. The van der Waals surface area contributed by atoms with Gasteiger partial charge in [0, 0.05) is 54.1 Å². The average Bonchev–Trinajstić information content (AvgIpc) is 3.44. The molecule has 212 valence electrons. The van der Waals surface area contributed by atoms with E-state index in [1.54, 1.807) is 36.5 Å². The van der Waals surface area contributed by atoms with Crippen molar-refractivity contribution in [3.05, 3.63) is 78.7 Å². The molecule has 4 heterocycles. The summed E-state index contributed by atoms with van der Waals surface area (Å²) in [5.74, 6) is 3.20. The monoisotopic (exact) mass is 563 g/mol. The van der Waals surface area contributed by atoms with Crippen molar-refractivity contribution in [3.8, 4) is 22.7 Å². The van der Waals surface area contributed by atoms with E-state index in [0.717, 1.165) is 46.9 Å². The smallest absolute Gasteiger partial charge is 0.324 e. The molecular weight excluding hydrogens is 534 g/mol. The van der Waals surface area contributed by atoms with E-state index < -0.39 is 6.03 Å². The minimum Gasteiger partial charge on any atom is -0.461 e. The second-order valence-corrected chi connectivity index (χ2v) is 9.88. The number of carbonyl (C=O) groups excluding carboxylic acids is 2. The van der Waals surface area contributed by atoms with Gasteiger partial charge in [0.2, 0.25) is 5.91 Å². The van der Waals surface area contributed by atoms with Gasteiger partial charge < -0.3 is 24.7 Å². The first-order chi connectivity index (χ1) is 20.4. The van der Waals surface area contributed by atoms with Crippen molar-refractivity contribution in [2.75, 3.05) is 47.2 Å². The number of rotatable bonds is 6. The first kappa shape index (κ1) is 26.9. The van der Waals surface area contributed by atoms with Crippen LogP contribution in [0.2, 0.25) is 0 Å². The normalized spacial score (nSPS) is 13.1. The number of hydrogen-bond donors (Lipinski definition) is 3. The number of fused-ring (bicyclic) bond motifs is 1. The lowest BCUT2D eigenvalue weighted by Crippen LogP contribution is -2.37. The third-order valence-electron chi connectivity index (χ3n) is 6.74. The van der Waals surface area contributed by atoms with Crippen LogP contribution in [0.25, 0.3) is 33.6 Å². The van der Waals surface area contributed by atoms with Gasteiger partial charge in [-0.05, 0) is 67.6 Å². The third kappa shape index (κ3) is 6.06. The number of pyridine rings is 1. The van der Waals surface area contributed by atoms with Crippen molar-refractivity contribution in [2.24, 2.45) is 0 Å². The standard InChI is InChI=1S/C31H29N7O4/c1-19-3-11-27(42-19)21-4-10-25-26(17-21)35-29(37-30(25)38-13-15-41-16-14-38)22-5-12-28(32-18-22)36-31(40)34-24-8-6-23(7-9-24)33-20(2)39/h3-12,17-18H,13-16H2,1-2H3,(H,33,39)(H2,32,34,36,40). The van der Waals surface area contributed by atoms with Crippen LogP contribution >= 0.6 is 0 Å². The van der Waals surface area contributed by atoms with E-state index in [1.165, 1.54) is 6.92 Å². The van der Waals surface area contributed by atoms with Gasteiger partial charge in [-0.2, -0.15) is 0 Å². The molecule has 5 aromatic rings. The number of aromatic nitrogens is 3. The molecule has 1 saturated heterocycles. The molecule has 3 aromatic heterocycles. The maximum absolute atomic E-state index is 12.5. The molecule has 0 spiro atoms. The largest absolute Gasteiger partial charge is 0.461 e. The van der Waals surface area contributed by atoms with E-state index in [9.17, 15) is 9.59 Å². The number of nitrogens with one attached hydrogen (secondary N) is 3. The molecule has 6 rings (SSSR count). The van der Waals surface area contributed by atoms with Crippen LogP contribution in [0.15, 0.2) is 77.3 Å². The van der Waals surface area contributed by atoms with Gasteiger partial charge in [0.1, 0.15) is 23.2 Å². The number of benzene rings is 2. The summed E-state index contributed by atoms with van der Waals surface area (Å²) >= 11 is 0. The highest BCUT2D eigenvalue weighted by Crippen LogP contribution is 2.32. The maximum atomic E-state index is 12.5. The number of morpholine rings is 1. The number of carbonyl (C=O) groups is 2. The quantitative estimate of drug-likeness (QED) is 0.240. The van der Waals surface area contributed by atoms with E-state index >= 15 is 0 Å². The van der Waals surface area contributed by atoms with Crippen LogP contribution in [0.4, 0.5) is 27.8 Å². The Morgan fingerprint density at radius 2 is 1.57 bits per heavy atom. The number of aryl methyl sites for hydroxylation is 1. The first-order valence-corrected chi connectivity index (χ1v) is 13.5. The van der Waals surface area contributed by atoms with Gasteiger partial charge in [-0.3, -0.25) is 10.1 Å². The number of ether oxygens (including phenoxy) is 1. The Hall–Kier alpha value is -5.29. The molecule has 0 radical (unpaired) electrons. The maximum Gasteiger partial charge on any atom is 0.324 e. The summed E-state index contributed by atoms with van der Waals surface area (Å²) in [7, 11) is 0. The highest BCUT2D eigenvalue weighted by atomic mass is 16.5. The van der Waals surface area contributed by atoms with Crippen LogP contribution < -0.4 is 20.9 Å². The Kier molecular flexibility index (Phi) is 7.48. The number of anilines is 4. The van der Waals surface area contributed by atoms with Gasteiger partial charge in [0.15, 0.2) is 5.82 Å². The number of amides is 3. The van der Waals surface area contributed by atoms with Gasteiger partial charge in [-0.25, -0.2) is 19.7 Å². The van der Waals surface area contributed by atoms with Crippen molar-refractivity contribution in [1.29, 1.82) is 0 Å². The summed E-state index contributed by atoms with van der Waals surface area (Å²) < 4.78 is 11.4. The molecule has 1 aliphatic rings. The summed E-state index contributed by atoms with van der Waals surface area (Å²) in [6.45, 7) is 6.09. The van der Waals surface area contributed by atoms with Gasteiger partial charge in [0.25, 0.3) is 0 Å². The highest BCUT2D eigenvalue weighted by molar-refractivity contribution is 5.99. The molecule has 42 heavy (non-hydrogen) atoms. The van der Waals surface area contributed by atoms with Crippen LogP contribution in [0, 0.1) is 6.92 Å². The minimum absolute atomic E-state index is 0.164. The van der Waals surface area contributed by atoms with Crippen LogP contribution in [0.5, 0.6) is 0 Å². The van der Waals surface area contributed by atoms with E-state index in [1.807, 2.05) is 43.3 Å². The minimum atomic E-state index is -0.445. The molecule has 11 heteroatoms. The molecule has 11 nitrogen and oxygen atoms in total. The Labute approximate surface area is 241 Å². The Bertz CT molecular complexity index is 1740. The molecule has 2 aromatic carbocycles. The molecule has 3 N–H and O–H groups in total. The van der Waals surface area contributed by atoms with Crippen molar-refractivity contribution in [1.82, 2.24) is 15.0 Å². The van der Waals surface area contributed by atoms with Crippen LogP contribution in [-0.2, 0) is 9.53 Å². The fraction of sp³-hybridized carbons (Fsp3) is 0.194. The average molecular weight is 564 g/mol. The van der Waals surface area contributed by atoms with Gasteiger partial charge in [0.05, 0.1) is 18.7 Å². The lowest BCUT2D eigenvalue weighted by Gasteiger charge is -2.29. The van der Waals surface area contributed by atoms with Gasteiger partial charge in [-0.1, -0.05) is 6.07 Å². The number of furan rings is 1. The molecule has 0 aliphatic carbocycles. The zero-order chi connectivity index (χ0) is 29.1. The Morgan fingerprint density at radius 3 is 2.24 bits per heavy atom. The van der Waals surface area contributed by atoms with E-state index in [4.69, 9.17) is 19.1 Å². The predicted molar refractivity (Wildman–Crippen MR) is 162 cm³/mol. The molecule has 1 fully saturated rings. The number of urea groups is 1. The van der Waals surface area contributed by atoms with E-state index in [-0.39, 0.29) is 5.91 Å². The molecule has 0 bridgehead atoms. The molecule has 3 amide bonds. The van der Waals surface area contributed by atoms with Gasteiger partial charge in [-0.15, -0.1) is 0 Å². The summed E-state index contributed by atoms with van der Waals surface area (Å²) in [5.41, 5.74) is 3.65. The fourth-order valence-electron chi connectivity index (χ4n) is 4.72. The van der Waals surface area contributed by atoms with Crippen molar-refractivity contribution < 1.29 is 18.7 Å². The summed E-state index contributed by atoms with van der Waals surface area (Å²) in [4.78, 5) is 40.2. The van der Waals surface area contributed by atoms with Crippen LogP contribution in [0.3, 0.4) is 0 Å². The van der Waals surface area contributed by atoms with Crippen molar-refractivity contribution in [2.45, 2.75) is 13.8 Å². The van der Waals surface area contributed by atoms with Gasteiger partial charge >= 0.3 is 6.03 Å². The topological polar surface area (TPSA) is 135 Å². The van der Waals surface area contributed by atoms with Crippen molar-refractivity contribution >= 4 is 45.9 Å². The summed E-state index contributed by atoms with van der Waals surface area (Å²) in [5, 5.41) is 9.11. The molecule has 1 aliphatic heterocycles. The summed E-state index contributed by atoms with van der Waals surface area (Å²) in [6.07, 6.45) is 1.64. The SMILES string of the molecule is CC(=O)Nc1ccc(NC(=O)Nc2ccc(-c3nc(N4CCOCC4)c4ccc(-c5ccc(C)o5)cc4n3)cn2)cc1. The van der Waals surface area contributed by atoms with Crippen LogP contribution in [0.1, 0.15) is 12.7 Å². The molecule has 0 saturated carbocycles. The van der Waals surface area contributed by atoms with Crippen LogP contribution in [-0.4, -0.2) is 53.2 Å². The zero-order valence-corrected chi connectivity index (χ0v) is 23.2. The fourth-order valence-corrected chi connectivity index (χ4v) is 4.72. The third-order valence-corrected chi connectivity index (χ3v) is 6.74. The number of nitrogens with zero attached hydrogens (tertiary/aromatic N) is 4. The lowest BCUT2D eigenvalue weighted by atomic mass is 10.1. The predicted octanol–water partition coefficient (Wildman–Crippen LogP) is 5.70. The first-order valence-electron chi connectivity index (χ1n) is 13.5.